The zero-order valence-corrected chi connectivity index (χ0v) is 8.22. The molecule has 0 bridgehead atoms. The van der Waals surface area contributed by atoms with Crippen LogP contribution in [0.15, 0.2) is 0 Å². The maximum absolute atomic E-state index is 10.9. The number of carbonyl (C=O) groups is 1. The van der Waals surface area contributed by atoms with Gasteiger partial charge in [-0.05, 0) is 19.4 Å². The van der Waals surface area contributed by atoms with Crippen LogP contribution in [0.5, 0.6) is 0 Å². The molecule has 0 radical (unpaired) electrons. The standard InChI is InChI=1S/C9H18N2O3/c10-9(14)7-2-1-3-11(4-7)5-8(13)6-12/h7-8,12-13H,1-6H2,(H2,10,14). The number of β-amino-alcohol motifs (C(OH)–C–C–N with tert-alkyl or cyclic N) is 1. The van der Waals surface area contributed by atoms with E-state index in [0.717, 1.165) is 19.4 Å². The molecule has 0 aromatic carbocycles. The van der Waals surface area contributed by atoms with E-state index in [1.807, 2.05) is 4.90 Å². The third-order valence-electron chi connectivity index (χ3n) is 2.59. The minimum absolute atomic E-state index is 0.102. The van der Waals surface area contributed by atoms with Crippen molar-refractivity contribution < 1.29 is 15.0 Å². The van der Waals surface area contributed by atoms with Crippen LogP contribution in [0.3, 0.4) is 0 Å². The summed E-state index contributed by atoms with van der Waals surface area (Å²) in [6.07, 6.45) is 1.04. The van der Waals surface area contributed by atoms with E-state index in [1.165, 1.54) is 0 Å². The van der Waals surface area contributed by atoms with Crippen LogP contribution in [-0.4, -0.2) is 53.4 Å². The molecule has 1 aliphatic heterocycles. The molecule has 1 heterocycles. The summed E-state index contributed by atoms with van der Waals surface area (Å²) in [7, 11) is 0. The topological polar surface area (TPSA) is 86.8 Å². The Morgan fingerprint density at radius 3 is 2.93 bits per heavy atom. The third kappa shape index (κ3) is 3.25. The lowest BCUT2D eigenvalue weighted by Gasteiger charge is -2.32. The zero-order chi connectivity index (χ0) is 10.6. The Morgan fingerprint density at radius 1 is 1.64 bits per heavy atom. The number of nitrogens with two attached hydrogens (primary N) is 1. The lowest BCUT2D eigenvalue weighted by atomic mass is 9.97. The van der Waals surface area contributed by atoms with Gasteiger partial charge >= 0.3 is 0 Å². The number of hydrogen-bond acceptors (Lipinski definition) is 4. The van der Waals surface area contributed by atoms with Crippen molar-refractivity contribution in [3.63, 3.8) is 0 Å². The first-order valence-electron chi connectivity index (χ1n) is 4.94. The highest BCUT2D eigenvalue weighted by Gasteiger charge is 2.24. The minimum atomic E-state index is -0.721. The highest BCUT2D eigenvalue weighted by molar-refractivity contribution is 5.76. The van der Waals surface area contributed by atoms with E-state index in [1.54, 1.807) is 0 Å². The number of aliphatic hydroxyl groups excluding tert-OH is 2. The molecule has 5 heteroatoms. The molecule has 1 aliphatic rings. The van der Waals surface area contributed by atoms with Gasteiger partial charge in [0.1, 0.15) is 0 Å². The summed E-state index contributed by atoms with van der Waals surface area (Å²) in [5.41, 5.74) is 5.22. The van der Waals surface area contributed by atoms with Gasteiger partial charge in [-0.2, -0.15) is 0 Å². The second-order valence-electron chi connectivity index (χ2n) is 3.84. The van der Waals surface area contributed by atoms with E-state index >= 15 is 0 Å². The zero-order valence-electron chi connectivity index (χ0n) is 8.22. The molecule has 2 unspecified atom stereocenters. The van der Waals surface area contributed by atoms with Gasteiger partial charge in [0.25, 0.3) is 0 Å². The summed E-state index contributed by atoms with van der Waals surface area (Å²) < 4.78 is 0. The normalized spacial score (nSPS) is 26.0. The van der Waals surface area contributed by atoms with Crippen LogP contribution in [0.25, 0.3) is 0 Å². The molecule has 1 rings (SSSR count). The van der Waals surface area contributed by atoms with Gasteiger partial charge in [-0.3, -0.25) is 9.69 Å². The van der Waals surface area contributed by atoms with Gasteiger partial charge in [0.2, 0.25) is 5.91 Å². The molecule has 0 aliphatic carbocycles. The maximum Gasteiger partial charge on any atom is 0.221 e. The Labute approximate surface area is 83.5 Å². The molecule has 1 amide bonds. The Bertz CT molecular complexity index is 198. The van der Waals surface area contributed by atoms with Crippen LogP contribution in [0.2, 0.25) is 0 Å². The highest BCUT2D eigenvalue weighted by Crippen LogP contribution is 2.15. The average Bonchev–Trinajstić information content (AvgIpc) is 2.18. The number of rotatable bonds is 4. The van der Waals surface area contributed by atoms with Gasteiger partial charge in [-0.1, -0.05) is 0 Å². The fourth-order valence-corrected chi connectivity index (χ4v) is 1.81. The molecule has 5 nitrogen and oxygen atoms in total. The highest BCUT2D eigenvalue weighted by atomic mass is 16.3. The van der Waals surface area contributed by atoms with Gasteiger partial charge < -0.3 is 15.9 Å². The van der Waals surface area contributed by atoms with Crippen LogP contribution in [-0.2, 0) is 4.79 Å². The van der Waals surface area contributed by atoms with Crippen molar-refractivity contribution in [2.45, 2.75) is 18.9 Å². The average molecular weight is 202 g/mol. The monoisotopic (exact) mass is 202 g/mol. The van der Waals surface area contributed by atoms with E-state index in [4.69, 9.17) is 10.8 Å². The number of amides is 1. The molecule has 1 saturated heterocycles. The van der Waals surface area contributed by atoms with E-state index in [-0.39, 0.29) is 18.4 Å². The quantitative estimate of drug-likeness (QED) is 0.520. The predicted molar refractivity (Wildman–Crippen MR) is 51.5 cm³/mol. The SMILES string of the molecule is NC(=O)C1CCCN(CC(O)CO)C1. The number of piperidine rings is 1. The van der Waals surface area contributed by atoms with E-state index < -0.39 is 6.10 Å². The summed E-state index contributed by atoms with van der Waals surface area (Å²) in [6.45, 7) is 1.64. The second-order valence-corrected chi connectivity index (χ2v) is 3.84. The molecule has 2 atom stereocenters. The lowest BCUT2D eigenvalue weighted by molar-refractivity contribution is -0.123. The smallest absolute Gasteiger partial charge is 0.221 e. The third-order valence-corrected chi connectivity index (χ3v) is 2.59. The molecule has 4 N–H and O–H groups in total. The lowest BCUT2D eigenvalue weighted by Crippen LogP contribution is -2.44. The van der Waals surface area contributed by atoms with Crippen molar-refractivity contribution >= 4 is 5.91 Å². The predicted octanol–water partition coefficient (Wildman–Crippen LogP) is -1.46. The first kappa shape index (κ1) is 11.4. The number of nitrogens with zero attached hydrogens (tertiary/aromatic N) is 1. The van der Waals surface area contributed by atoms with Crippen molar-refractivity contribution in [1.29, 1.82) is 0 Å². The van der Waals surface area contributed by atoms with Crippen molar-refractivity contribution in [3.8, 4) is 0 Å². The van der Waals surface area contributed by atoms with Crippen LogP contribution in [0.4, 0.5) is 0 Å². The summed E-state index contributed by atoms with van der Waals surface area (Å²) >= 11 is 0. The van der Waals surface area contributed by atoms with E-state index in [0.29, 0.717) is 13.1 Å². The fourth-order valence-electron chi connectivity index (χ4n) is 1.81. The maximum atomic E-state index is 10.9. The first-order chi connectivity index (χ1) is 6.63. The van der Waals surface area contributed by atoms with Crippen molar-refractivity contribution in [2.75, 3.05) is 26.2 Å². The van der Waals surface area contributed by atoms with Gasteiger partial charge in [0.15, 0.2) is 0 Å². The molecule has 0 aromatic heterocycles. The molecular weight excluding hydrogens is 184 g/mol. The summed E-state index contributed by atoms with van der Waals surface area (Å²) in [5.74, 6) is -0.372. The van der Waals surface area contributed by atoms with Crippen LogP contribution in [0.1, 0.15) is 12.8 Å². The Kier molecular flexibility index (Phi) is 4.31. The Balaban J connectivity index is 2.36. The number of aliphatic hydroxyl groups is 2. The Hall–Kier alpha value is -0.650. The first-order valence-corrected chi connectivity index (χ1v) is 4.94. The number of hydrogen-bond donors (Lipinski definition) is 3. The van der Waals surface area contributed by atoms with Crippen molar-refractivity contribution in [1.82, 2.24) is 4.90 Å². The summed E-state index contributed by atoms with van der Waals surface area (Å²) in [4.78, 5) is 12.9. The number of likely N-dealkylation sites (tertiary alicyclic amines) is 1. The largest absolute Gasteiger partial charge is 0.394 e. The molecule has 0 aromatic rings. The number of carbonyl (C=O) groups excluding carboxylic acids is 1. The van der Waals surface area contributed by atoms with Crippen LogP contribution < -0.4 is 5.73 Å². The van der Waals surface area contributed by atoms with Crippen molar-refractivity contribution in [3.05, 3.63) is 0 Å². The fraction of sp³-hybridized carbons (Fsp3) is 0.889. The molecule has 0 spiro atoms. The summed E-state index contributed by atoms with van der Waals surface area (Å²) in [5, 5.41) is 17.9. The molecule has 1 fully saturated rings. The Morgan fingerprint density at radius 2 is 2.36 bits per heavy atom. The van der Waals surface area contributed by atoms with Gasteiger partial charge in [0, 0.05) is 13.1 Å². The second kappa shape index (κ2) is 5.29. The minimum Gasteiger partial charge on any atom is -0.394 e. The molecule has 82 valence electrons. The van der Waals surface area contributed by atoms with Gasteiger partial charge in [-0.15, -0.1) is 0 Å². The molecule has 0 saturated carbocycles. The van der Waals surface area contributed by atoms with Crippen LogP contribution >= 0.6 is 0 Å². The van der Waals surface area contributed by atoms with Gasteiger partial charge in [0.05, 0.1) is 18.6 Å². The molecule has 14 heavy (non-hydrogen) atoms. The van der Waals surface area contributed by atoms with Gasteiger partial charge in [-0.25, -0.2) is 0 Å². The molecular formula is C9H18N2O3. The van der Waals surface area contributed by atoms with Crippen LogP contribution in [0, 0.1) is 5.92 Å². The van der Waals surface area contributed by atoms with Crippen molar-refractivity contribution in [2.24, 2.45) is 11.7 Å². The number of primary amides is 1. The van der Waals surface area contributed by atoms with E-state index in [2.05, 4.69) is 0 Å². The summed E-state index contributed by atoms with van der Waals surface area (Å²) in [6, 6.07) is 0. The van der Waals surface area contributed by atoms with E-state index in [9.17, 15) is 9.90 Å².